The lowest BCUT2D eigenvalue weighted by molar-refractivity contribution is -0.138. The predicted octanol–water partition coefficient (Wildman–Crippen LogP) is 2.07. The number of hydrogen-bond acceptors (Lipinski definition) is 6. The zero-order chi connectivity index (χ0) is 25.3. The maximum absolute atomic E-state index is 13.5. The van der Waals surface area contributed by atoms with Crippen LogP contribution in [0.2, 0.25) is 0 Å². The van der Waals surface area contributed by atoms with Gasteiger partial charge in [-0.3, -0.25) is 13.9 Å². The van der Waals surface area contributed by atoms with Crippen LogP contribution in [0.1, 0.15) is 19.4 Å². The van der Waals surface area contributed by atoms with Gasteiger partial charge < -0.3 is 19.7 Å². The van der Waals surface area contributed by atoms with Crippen molar-refractivity contribution in [1.82, 2.24) is 10.2 Å². The SMILES string of the molecule is CCNC(=O)C(C)N(CCc1ccccc1)C(=O)CN(c1cc(OC)ccc1OC)S(C)(=O)=O. The molecule has 9 nitrogen and oxygen atoms in total. The van der Waals surface area contributed by atoms with Crippen molar-refractivity contribution in [1.29, 1.82) is 0 Å². The van der Waals surface area contributed by atoms with Gasteiger partial charge in [-0.05, 0) is 38.0 Å². The Morgan fingerprint density at radius 1 is 1.06 bits per heavy atom. The number of carbonyl (C=O) groups is 2. The second-order valence-electron chi connectivity index (χ2n) is 7.70. The summed E-state index contributed by atoms with van der Waals surface area (Å²) in [4.78, 5) is 27.4. The second-order valence-corrected chi connectivity index (χ2v) is 9.61. The number of ether oxygens (including phenoxy) is 2. The van der Waals surface area contributed by atoms with E-state index in [4.69, 9.17) is 9.47 Å². The van der Waals surface area contributed by atoms with E-state index in [-0.39, 0.29) is 23.9 Å². The van der Waals surface area contributed by atoms with Crippen LogP contribution in [0.15, 0.2) is 48.5 Å². The molecule has 0 aliphatic heterocycles. The Labute approximate surface area is 201 Å². The van der Waals surface area contributed by atoms with Crippen molar-refractivity contribution >= 4 is 27.5 Å². The van der Waals surface area contributed by atoms with Gasteiger partial charge in [0, 0.05) is 19.2 Å². The summed E-state index contributed by atoms with van der Waals surface area (Å²) < 4.78 is 37.0. The van der Waals surface area contributed by atoms with Crippen molar-refractivity contribution in [3.63, 3.8) is 0 Å². The van der Waals surface area contributed by atoms with Crippen LogP contribution in [0.5, 0.6) is 11.5 Å². The zero-order valence-corrected chi connectivity index (χ0v) is 21.1. The Morgan fingerprint density at radius 3 is 2.29 bits per heavy atom. The number of sulfonamides is 1. The Bertz CT molecular complexity index is 1080. The molecule has 1 atom stereocenters. The van der Waals surface area contributed by atoms with Gasteiger partial charge in [0.1, 0.15) is 24.1 Å². The van der Waals surface area contributed by atoms with Crippen molar-refractivity contribution in [3.8, 4) is 11.5 Å². The third-order valence-corrected chi connectivity index (χ3v) is 6.46. The van der Waals surface area contributed by atoms with Gasteiger partial charge in [-0.1, -0.05) is 30.3 Å². The minimum atomic E-state index is -3.88. The zero-order valence-electron chi connectivity index (χ0n) is 20.3. The van der Waals surface area contributed by atoms with Gasteiger partial charge >= 0.3 is 0 Å². The van der Waals surface area contributed by atoms with Crippen LogP contribution < -0.4 is 19.1 Å². The fourth-order valence-electron chi connectivity index (χ4n) is 3.48. The molecule has 186 valence electrons. The van der Waals surface area contributed by atoms with Crippen LogP contribution in [-0.4, -0.2) is 71.3 Å². The molecule has 1 N–H and O–H groups in total. The molecular formula is C24H33N3O6S. The summed E-state index contributed by atoms with van der Waals surface area (Å²) in [6, 6.07) is 13.5. The molecule has 0 radical (unpaired) electrons. The van der Waals surface area contributed by atoms with Crippen molar-refractivity contribution < 1.29 is 27.5 Å². The second kappa shape index (κ2) is 12.3. The number of amides is 2. The van der Waals surface area contributed by atoms with E-state index in [1.165, 1.54) is 25.2 Å². The van der Waals surface area contributed by atoms with E-state index in [0.717, 1.165) is 16.1 Å². The largest absolute Gasteiger partial charge is 0.497 e. The first-order chi connectivity index (χ1) is 16.1. The van der Waals surface area contributed by atoms with Gasteiger partial charge in [0.2, 0.25) is 21.8 Å². The van der Waals surface area contributed by atoms with Crippen LogP contribution in [0.25, 0.3) is 0 Å². The summed E-state index contributed by atoms with van der Waals surface area (Å²) in [6.07, 6.45) is 1.53. The van der Waals surface area contributed by atoms with Crippen LogP contribution in [-0.2, 0) is 26.0 Å². The Balaban J connectivity index is 2.39. The van der Waals surface area contributed by atoms with E-state index in [9.17, 15) is 18.0 Å². The molecule has 2 aromatic carbocycles. The quantitative estimate of drug-likeness (QED) is 0.487. The summed E-state index contributed by atoms with van der Waals surface area (Å²) in [7, 11) is -1.00. The number of nitrogens with one attached hydrogen (secondary N) is 1. The molecule has 0 aromatic heterocycles. The third kappa shape index (κ3) is 7.11. The van der Waals surface area contributed by atoms with E-state index in [2.05, 4.69) is 5.32 Å². The van der Waals surface area contributed by atoms with Crippen LogP contribution in [0.4, 0.5) is 5.69 Å². The topological polar surface area (TPSA) is 105 Å². The minimum Gasteiger partial charge on any atom is -0.497 e. The lowest BCUT2D eigenvalue weighted by atomic mass is 10.1. The summed E-state index contributed by atoms with van der Waals surface area (Å²) in [5.74, 6) is -0.140. The summed E-state index contributed by atoms with van der Waals surface area (Å²) in [5.41, 5.74) is 1.17. The fourth-order valence-corrected chi connectivity index (χ4v) is 4.32. The van der Waals surface area contributed by atoms with Gasteiger partial charge in [-0.2, -0.15) is 0 Å². The average molecular weight is 492 g/mol. The molecule has 0 heterocycles. The first-order valence-corrected chi connectivity index (χ1v) is 12.8. The molecular weight excluding hydrogens is 458 g/mol. The number of rotatable bonds is 12. The number of benzene rings is 2. The van der Waals surface area contributed by atoms with Gasteiger partial charge in [0.15, 0.2) is 0 Å². The van der Waals surface area contributed by atoms with E-state index < -0.39 is 28.5 Å². The van der Waals surface area contributed by atoms with E-state index in [1.54, 1.807) is 26.0 Å². The molecule has 0 saturated heterocycles. The Kier molecular flexibility index (Phi) is 9.73. The standard InChI is InChI=1S/C24H33N3O6S/c1-6-25-24(29)18(2)26(15-14-19-10-8-7-9-11-19)23(28)17-27(34(5,30)31)21-16-20(32-3)12-13-22(21)33-4/h7-13,16,18H,6,14-15,17H2,1-5H3,(H,25,29). The van der Waals surface area contributed by atoms with Crippen LogP contribution >= 0.6 is 0 Å². The minimum absolute atomic E-state index is 0.173. The highest BCUT2D eigenvalue weighted by Gasteiger charge is 2.31. The third-order valence-electron chi connectivity index (χ3n) is 5.34. The number of nitrogens with zero attached hydrogens (tertiary/aromatic N) is 2. The highest BCUT2D eigenvalue weighted by Crippen LogP contribution is 2.33. The van der Waals surface area contributed by atoms with E-state index in [0.29, 0.717) is 18.7 Å². The smallest absolute Gasteiger partial charge is 0.244 e. The average Bonchev–Trinajstić information content (AvgIpc) is 2.82. The van der Waals surface area contributed by atoms with Crippen molar-refractivity contribution in [2.75, 3.05) is 44.4 Å². The van der Waals surface area contributed by atoms with Crippen molar-refractivity contribution in [2.24, 2.45) is 0 Å². The normalized spacial score (nSPS) is 11.9. The lowest BCUT2D eigenvalue weighted by Gasteiger charge is -2.31. The first kappa shape index (κ1) is 27.0. The van der Waals surface area contributed by atoms with E-state index in [1.807, 2.05) is 30.3 Å². The van der Waals surface area contributed by atoms with Crippen molar-refractivity contribution in [3.05, 3.63) is 54.1 Å². The first-order valence-electron chi connectivity index (χ1n) is 10.9. The Morgan fingerprint density at radius 2 is 1.74 bits per heavy atom. The number of hydrogen-bond donors (Lipinski definition) is 1. The highest BCUT2D eigenvalue weighted by atomic mass is 32.2. The van der Waals surface area contributed by atoms with Crippen LogP contribution in [0.3, 0.4) is 0 Å². The molecule has 2 rings (SSSR count). The molecule has 0 saturated carbocycles. The highest BCUT2D eigenvalue weighted by molar-refractivity contribution is 7.92. The monoisotopic (exact) mass is 491 g/mol. The summed E-state index contributed by atoms with van der Waals surface area (Å²) in [6.45, 7) is 3.58. The predicted molar refractivity (Wildman–Crippen MR) is 132 cm³/mol. The number of methoxy groups -OCH3 is 2. The lowest BCUT2D eigenvalue weighted by Crippen LogP contribution is -2.52. The molecule has 1 unspecified atom stereocenters. The molecule has 0 spiro atoms. The molecule has 34 heavy (non-hydrogen) atoms. The van der Waals surface area contributed by atoms with Gasteiger partial charge in [0.25, 0.3) is 0 Å². The fraction of sp³-hybridized carbons (Fsp3) is 0.417. The van der Waals surface area contributed by atoms with Gasteiger partial charge in [-0.25, -0.2) is 8.42 Å². The maximum atomic E-state index is 13.5. The molecule has 10 heteroatoms. The molecule has 2 amide bonds. The molecule has 0 fully saturated rings. The van der Waals surface area contributed by atoms with E-state index >= 15 is 0 Å². The molecule has 2 aromatic rings. The number of likely N-dealkylation sites (N-methyl/N-ethyl adjacent to an activating group) is 1. The Hall–Kier alpha value is -3.27. The van der Waals surface area contributed by atoms with Crippen LogP contribution in [0, 0.1) is 0 Å². The summed E-state index contributed by atoms with van der Waals surface area (Å²) in [5, 5.41) is 2.73. The molecule has 0 bridgehead atoms. The number of carbonyl (C=O) groups excluding carboxylic acids is 2. The number of anilines is 1. The van der Waals surface area contributed by atoms with Gasteiger partial charge in [0.05, 0.1) is 26.2 Å². The maximum Gasteiger partial charge on any atom is 0.244 e. The summed E-state index contributed by atoms with van der Waals surface area (Å²) >= 11 is 0. The molecule has 0 aliphatic rings. The molecule has 0 aliphatic carbocycles. The van der Waals surface area contributed by atoms with Gasteiger partial charge in [-0.15, -0.1) is 0 Å². The van der Waals surface area contributed by atoms with Crippen molar-refractivity contribution in [2.45, 2.75) is 26.3 Å².